The predicted octanol–water partition coefficient (Wildman–Crippen LogP) is -3.79. The van der Waals surface area contributed by atoms with Crippen LogP contribution in [-0.4, -0.2) is 146 Å². The van der Waals surface area contributed by atoms with Gasteiger partial charge in [-0.05, 0) is 75.9 Å². The summed E-state index contributed by atoms with van der Waals surface area (Å²) in [6.45, 7) is 5.77. The second kappa shape index (κ2) is 23.4. The Morgan fingerprint density at radius 2 is 1.10 bits per heavy atom. The van der Waals surface area contributed by atoms with Crippen molar-refractivity contribution >= 4 is 53.2 Å². The van der Waals surface area contributed by atoms with Crippen molar-refractivity contribution in [3.05, 3.63) is 59.7 Å². The van der Waals surface area contributed by atoms with Crippen LogP contribution in [0.4, 0.5) is 0 Å². The summed E-state index contributed by atoms with van der Waals surface area (Å²) in [5.41, 5.74) is 6.07. The zero-order chi connectivity index (χ0) is 47.1. The minimum Gasteiger partial charge on any atom is -0.508 e. The fraction of sp³-hybridized carbons (Fsp3) is 0.488. The summed E-state index contributed by atoms with van der Waals surface area (Å²) >= 11 is 0. The fourth-order valence-corrected chi connectivity index (χ4v) is 6.47. The summed E-state index contributed by atoms with van der Waals surface area (Å²) in [6, 6.07) is 0.721. The van der Waals surface area contributed by atoms with E-state index in [0.29, 0.717) is 17.5 Å². The molecule has 1 aliphatic rings. The number of carbonyl (C=O) groups is 9. The Hall–Kier alpha value is -6.81. The molecule has 1 heterocycles. The molecule has 63 heavy (non-hydrogen) atoms. The molecule has 344 valence electrons. The molecule has 0 aliphatic carbocycles. The molecule has 22 heteroatoms. The van der Waals surface area contributed by atoms with Crippen LogP contribution in [0.25, 0.3) is 0 Å². The van der Waals surface area contributed by atoms with E-state index in [1.165, 1.54) is 88.0 Å². The lowest BCUT2D eigenvalue weighted by molar-refractivity contribution is -0.142. The van der Waals surface area contributed by atoms with Gasteiger partial charge < -0.3 is 68.3 Å². The Bertz CT molecular complexity index is 1980. The van der Waals surface area contributed by atoms with Gasteiger partial charge in [0.15, 0.2) is 0 Å². The highest BCUT2D eigenvalue weighted by atomic mass is 16.3. The predicted molar refractivity (Wildman–Crippen MR) is 223 cm³/mol. The molecule has 2 aromatic carbocycles. The number of hydrogen-bond acceptors (Lipinski definition) is 13. The van der Waals surface area contributed by atoms with Crippen LogP contribution in [0.5, 0.6) is 11.5 Å². The number of carbonyl (C=O) groups excluding carboxylic acids is 9. The normalized spacial score (nSPS) is 17.2. The van der Waals surface area contributed by atoms with E-state index in [9.17, 15) is 63.6 Å². The monoisotopic (exact) mass is 883 g/mol. The van der Waals surface area contributed by atoms with Crippen molar-refractivity contribution < 1.29 is 63.6 Å². The van der Waals surface area contributed by atoms with Gasteiger partial charge in [0, 0.05) is 26.3 Å². The number of hydrogen-bond donors (Lipinski definition) is 12. The minimum atomic E-state index is -1.68. The van der Waals surface area contributed by atoms with Gasteiger partial charge >= 0.3 is 0 Å². The van der Waals surface area contributed by atoms with Crippen LogP contribution in [0, 0.1) is 0 Å². The molecule has 9 atom stereocenters. The van der Waals surface area contributed by atoms with Crippen LogP contribution in [0.15, 0.2) is 48.5 Å². The largest absolute Gasteiger partial charge is 0.508 e. The van der Waals surface area contributed by atoms with Gasteiger partial charge in [-0.25, -0.2) is 0 Å². The number of aromatic hydroxyl groups is 2. The SMILES string of the molecule is CC(=O)N[C@@H](CO)C(=O)N1CCC[C@H]1C(=O)N[C@@H](C)C(=O)N[C@@H](Cc1ccc(O)cc1)C(=O)N[C@@H](Cc1ccc(O)cc1)C(=O)N[C@H](C(=O)N[C@@H](C)C(=O)N[C@@H](C)C(N)=O)[C@@H](C)O. The van der Waals surface area contributed by atoms with Crippen molar-refractivity contribution in [2.75, 3.05) is 13.2 Å². The zero-order valence-electron chi connectivity index (χ0n) is 35.5. The van der Waals surface area contributed by atoms with Crippen molar-refractivity contribution in [3.63, 3.8) is 0 Å². The Labute approximate surface area is 363 Å². The second-order valence-electron chi connectivity index (χ2n) is 15.3. The lowest BCUT2D eigenvalue weighted by Crippen LogP contribution is -2.61. The number of amides is 9. The van der Waals surface area contributed by atoms with Crippen molar-refractivity contribution in [1.29, 1.82) is 0 Å². The van der Waals surface area contributed by atoms with Crippen molar-refractivity contribution in [2.24, 2.45) is 5.73 Å². The molecule has 3 rings (SSSR count). The lowest BCUT2D eigenvalue weighted by atomic mass is 10.0. The maximum absolute atomic E-state index is 14.2. The number of nitrogens with two attached hydrogens (primary N) is 1. The molecule has 0 unspecified atom stereocenters. The Morgan fingerprint density at radius 1 is 0.635 bits per heavy atom. The van der Waals surface area contributed by atoms with Gasteiger partial charge in [0.25, 0.3) is 0 Å². The number of phenolic OH excluding ortho intramolecular Hbond substituents is 2. The molecule has 13 N–H and O–H groups in total. The highest BCUT2D eigenvalue weighted by molar-refractivity contribution is 5.98. The highest BCUT2D eigenvalue weighted by Gasteiger charge is 2.39. The minimum absolute atomic E-state index is 0.0838. The van der Waals surface area contributed by atoms with Gasteiger partial charge in [-0.1, -0.05) is 24.3 Å². The molecule has 0 saturated carbocycles. The van der Waals surface area contributed by atoms with Gasteiger partial charge in [0.05, 0.1) is 12.7 Å². The number of aliphatic hydroxyl groups excluding tert-OH is 2. The summed E-state index contributed by atoms with van der Waals surface area (Å²) in [7, 11) is 0. The quantitative estimate of drug-likeness (QED) is 0.0573. The highest BCUT2D eigenvalue weighted by Crippen LogP contribution is 2.19. The third-order valence-corrected chi connectivity index (χ3v) is 10.1. The summed E-state index contributed by atoms with van der Waals surface area (Å²) in [6.07, 6.45) is -1.33. The van der Waals surface area contributed by atoms with Gasteiger partial charge in [-0.2, -0.15) is 0 Å². The lowest BCUT2D eigenvalue weighted by Gasteiger charge is -2.29. The number of likely N-dealkylation sites (tertiary alicyclic amines) is 1. The third kappa shape index (κ3) is 15.2. The smallest absolute Gasteiger partial charge is 0.248 e. The molecule has 0 radical (unpaired) electrons. The number of aliphatic hydroxyl groups is 2. The number of rotatable bonds is 21. The maximum atomic E-state index is 14.2. The summed E-state index contributed by atoms with van der Waals surface area (Å²) in [5.74, 6) is -7.50. The van der Waals surface area contributed by atoms with E-state index >= 15 is 0 Å². The van der Waals surface area contributed by atoms with E-state index < -0.39 is 114 Å². The van der Waals surface area contributed by atoms with Crippen molar-refractivity contribution in [1.82, 2.24) is 42.1 Å². The Morgan fingerprint density at radius 3 is 1.57 bits per heavy atom. The van der Waals surface area contributed by atoms with Gasteiger partial charge in [0.2, 0.25) is 53.2 Å². The molecule has 22 nitrogen and oxygen atoms in total. The second-order valence-corrected chi connectivity index (χ2v) is 15.3. The summed E-state index contributed by atoms with van der Waals surface area (Å²) in [5, 5.41) is 57.0. The molecular formula is C41H57N9O13. The van der Waals surface area contributed by atoms with E-state index in [4.69, 9.17) is 5.73 Å². The first kappa shape index (κ1) is 50.5. The van der Waals surface area contributed by atoms with E-state index in [0.717, 1.165) is 0 Å². The first-order chi connectivity index (χ1) is 29.6. The van der Waals surface area contributed by atoms with E-state index in [-0.39, 0.29) is 37.3 Å². The first-order valence-electron chi connectivity index (χ1n) is 20.2. The zero-order valence-corrected chi connectivity index (χ0v) is 35.5. The van der Waals surface area contributed by atoms with E-state index in [2.05, 4.69) is 37.2 Å². The van der Waals surface area contributed by atoms with Crippen LogP contribution in [-0.2, 0) is 56.0 Å². The van der Waals surface area contributed by atoms with Crippen LogP contribution >= 0.6 is 0 Å². The van der Waals surface area contributed by atoms with Crippen molar-refractivity contribution in [3.8, 4) is 11.5 Å². The molecule has 0 aromatic heterocycles. The Balaban J connectivity index is 1.86. The molecule has 0 spiro atoms. The van der Waals surface area contributed by atoms with Crippen molar-refractivity contribution in [2.45, 2.75) is 115 Å². The number of primary amides is 1. The number of phenols is 2. The standard InChI is InChI=1S/C41H57N9O13/c1-20(34(42)56)43-35(57)21(2)45-40(62)33(23(4)52)49-38(60)30(18-26-10-14-28(55)15-11-26)48-37(59)29(17-25-8-12-27(54)13-9-25)47-36(58)22(3)44-39(61)32-7-6-16-50(32)41(63)31(19-51)46-24(5)53/h8-15,20-23,29-33,51-52,54-55H,6-7,16-19H2,1-5H3,(H2,42,56)(H,43,57)(H,44,61)(H,45,62)(H,46,53)(H,47,58)(H,48,59)(H,49,60)/t20-,21-,22-,23+,29-,30-,31-,32-,33-/m0/s1. The van der Waals surface area contributed by atoms with Crippen LogP contribution in [0.3, 0.4) is 0 Å². The number of benzene rings is 2. The molecule has 9 amide bonds. The molecule has 1 aliphatic heterocycles. The summed E-state index contributed by atoms with van der Waals surface area (Å²) < 4.78 is 0. The number of nitrogens with zero attached hydrogens (tertiary/aromatic N) is 1. The summed E-state index contributed by atoms with van der Waals surface area (Å²) in [4.78, 5) is 118. The van der Waals surface area contributed by atoms with E-state index in [1.54, 1.807) is 0 Å². The topological polar surface area (TPSA) is 348 Å². The van der Waals surface area contributed by atoms with Gasteiger partial charge in [-0.3, -0.25) is 43.2 Å². The van der Waals surface area contributed by atoms with Crippen LogP contribution in [0.2, 0.25) is 0 Å². The molecule has 1 saturated heterocycles. The third-order valence-electron chi connectivity index (χ3n) is 10.1. The molecular weight excluding hydrogens is 827 g/mol. The average Bonchev–Trinajstić information content (AvgIpc) is 3.72. The fourth-order valence-electron chi connectivity index (χ4n) is 6.47. The first-order valence-corrected chi connectivity index (χ1v) is 20.2. The van der Waals surface area contributed by atoms with Crippen LogP contribution in [0.1, 0.15) is 58.6 Å². The number of nitrogens with one attached hydrogen (secondary N) is 7. The van der Waals surface area contributed by atoms with Gasteiger partial charge in [0.1, 0.15) is 59.8 Å². The Kier molecular flexibility index (Phi) is 18.8. The van der Waals surface area contributed by atoms with E-state index in [1.807, 2.05) is 0 Å². The average molecular weight is 884 g/mol. The maximum Gasteiger partial charge on any atom is 0.248 e. The molecule has 0 bridgehead atoms. The molecule has 1 fully saturated rings. The van der Waals surface area contributed by atoms with Gasteiger partial charge in [-0.15, -0.1) is 0 Å². The molecule has 2 aromatic rings. The van der Waals surface area contributed by atoms with Crippen LogP contribution < -0.4 is 43.0 Å².